The van der Waals surface area contributed by atoms with E-state index in [0.717, 1.165) is 37.2 Å². The highest BCUT2D eigenvalue weighted by molar-refractivity contribution is 14.0. The van der Waals surface area contributed by atoms with Gasteiger partial charge in [0.2, 0.25) is 0 Å². The van der Waals surface area contributed by atoms with Gasteiger partial charge >= 0.3 is 0 Å². The molecule has 0 saturated carbocycles. The Bertz CT molecular complexity index is 396. The topological polar surface area (TPSA) is 68.9 Å². The molecular weight excluding hydrogens is 381 g/mol. The highest BCUT2D eigenvalue weighted by Gasteiger charge is 1.96. The lowest BCUT2D eigenvalue weighted by atomic mass is 10.2. The van der Waals surface area contributed by atoms with Gasteiger partial charge in [-0.05, 0) is 30.5 Å². The monoisotopic (exact) mass is 407 g/mol. The van der Waals surface area contributed by atoms with Gasteiger partial charge in [-0.3, -0.25) is 4.99 Å². The van der Waals surface area contributed by atoms with E-state index in [-0.39, 0.29) is 24.0 Å². The number of guanidine groups is 1. The van der Waals surface area contributed by atoms with Crippen LogP contribution in [-0.2, 0) is 11.3 Å². The lowest BCUT2D eigenvalue weighted by molar-refractivity contribution is 0.119. The molecule has 1 aromatic carbocycles. The number of nitrogens with zero attached hydrogens (tertiary/aromatic N) is 1. The van der Waals surface area contributed by atoms with Gasteiger partial charge in [-0.25, -0.2) is 0 Å². The third-order valence-corrected chi connectivity index (χ3v) is 2.71. The Morgan fingerprint density at radius 1 is 1.29 bits per heavy atom. The smallest absolute Gasteiger partial charge is 0.188 e. The van der Waals surface area contributed by atoms with Crippen molar-refractivity contribution in [3.8, 4) is 5.75 Å². The number of methoxy groups -OCH3 is 1. The largest absolute Gasteiger partial charge is 0.497 e. The fraction of sp³-hybridized carbons (Fsp3) is 0.533. The number of benzene rings is 1. The molecule has 0 aliphatic rings. The number of halogens is 1. The van der Waals surface area contributed by atoms with E-state index in [2.05, 4.69) is 17.2 Å². The third kappa shape index (κ3) is 9.52. The normalized spacial score (nSPS) is 10.9. The molecule has 1 rings (SSSR count). The molecule has 0 aliphatic heterocycles. The Morgan fingerprint density at radius 2 is 2.00 bits per heavy atom. The lowest BCUT2D eigenvalue weighted by Gasteiger charge is -2.07. The van der Waals surface area contributed by atoms with Crippen molar-refractivity contribution >= 4 is 29.9 Å². The molecular formula is C15H26IN3O2. The number of aliphatic imine (C=N–C) groups is 1. The van der Waals surface area contributed by atoms with Gasteiger partial charge in [0.25, 0.3) is 0 Å². The maximum atomic E-state index is 5.68. The van der Waals surface area contributed by atoms with Crippen molar-refractivity contribution in [2.45, 2.75) is 26.4 Å². The molecule has 6 heteroatoms. The molecule has 0 heterocycles. The molecule has 0 radical (unpaired) electrons. The van der Waals surface area contributed by atoms with Crippen LogP contribution in [0.5, 0.6) is 5.75 Å². The molecule has 0 bridgehead atoms. The Hall–Kier alpha value is -1.02. The molecule has 5 nitrogen and oxygen atoms in total. The van der Waals surface area contributed by atoms with E-state index < -0.39 is 0 Å². The molecule has 0 fully saturated rings. The van der Waals surface area contributed by atoms with E-state index in [1.54, 1.807) is 7.11 Å². The van der Waals surface area contributed by atoms with E-state index in [9.17, 15) is 0 Å². The van der Waals surface area contributed by atoms with Crippen LogP contribution < -0.4 is 15.8 Å². The summed E-state index contributed by atoms with van der Waals surface area (Å²) in [5.41, 5.74) is 6.82. The number of nitrogens with two attached hydrogens (primary N) is 1. The Balaban J connectivity index is 0.00000400. The van der Waals surface area contributed by atoms with Gasteiger partial charge in [0.15, 0.2) is 5.96 Å². The maximum Gasteiger partial charge on any atom is 0.188 e. The van der Waals surface area contributed by atoms with Crippen LogP contribution in [0.2, 0.25) is 0 Å². The molecule has 120 valence electrons. The zero-order valence-corrected chi connectivity index (χ0v) is 15.1. The molecule has 0 saturated heterocycles. The van der Waals surface area contributed by atoms with Crippen molar-refractivity contribution in [2.75, 3.05) is 26.8 Å². The summed E-state index contributed by atoms with van der Waals surface area (Å²) < 4.78 is 10.7. The van der Waals surface area contributed by atoms with Crippen LogP contribution >= 0.6 is 24.0 Å². The quantitative estimate of drug-likeness (QED) is 0.286. The van der Waals surface area contributed by atoms with Crippen molar-refractivity contribution in [2.24, 2.45) is 10.7 Å². The number of ether oxygens (including phenoxy) is 2. The number of hydrogen-bond donors (Lipinski definition) is 2. The second kappa shape index (κ2) is 12.7. The van der Waals surface area contributed by atoms with Crippen LogP contribution in [0.15, 0.2) is 29.3 Å². The first-order chi connectivity index (χ1) is 9.76. The Kier molecular flexibility index (Phi) is 12.1. The standard InChI is InChI=1S/C15H25N3O2.HI/c1-3-9-17-15(16)18-10-4-11-20-12-13-5-7-14(19-2)8-6-13;/h5-8H,3-4,9-12H2,1-2H3,(H3,16,17,18);1H. The minimum Gasteiger partial charge on any atom is -0.497 e. The summed E-state index contributed by atoms with van der Waals surface area (Å²) in [6, 6.07) is 7.88. The maximum absolute atomic E-state index is 5.68. The summed E-state index contributed by atoms with van der Waals surface area (Å²) in [4.78, 5) is 4.15. The highest BCUT2D eigenvalue weighted by atomic mass is 127. The first-order valence-corrected chi connectivity index (χ1v) is 7.00. The van der Waals surface area contributed by atoms with Gasteiger partial charge in [0.1, 0.15) is 5.75 Å². The average molecular weight is 407 g/mol. The summed E-state index contributed by atoms with van der Waals surface area (Å²) in [6.45, 7) is 4.93. The molecule has 0 atom stereocenters. The zero-order chi connectivity index (χ0) is 14.6. The van der Waals surface area contributed by atoms with Crippen LogP contribution in [0, 0.1) is 0 Å². The van der Waals surface area contributed by atoms with Crippen molar-refractivity contribution in [1.82, 2.24) is 5.32 Å². The Morgan fingerprint density at radius 3 is 2.62 bits per heavy atom. The second-order valence-corrected chi connectivity index (χ2v) is 4.45. The summed E-state index contributed by atoms with van der Waals surface area (Å²) in [5.74, 6) is 1.38. The predicted octanol–water partition coefficient (Wildman–Crippen LogP) is 2.53. The second-order valence-electron chi connectivity index (χ2n) is 4.45. The van der Waals surface area contributed by atoms with Gasteiger partial charge in [-0.2, -0.15) is 0 Å². The zero-order valence-electron chi connectivity index (χ0n) is 12.8. The van der Waals surface area contributed by atoms with Crippen molar-refractivity contribution in [3.63, 3.8) is 0 Å². The minimum atomic E-state index is 0. The van der Waals surface area contributed by atoms with E-state index in [1.165, 1.54) is 0 Å². The van der Waals surface area contributed by atoms with Crippen LogP contribution in [0.1, 0.15) is 25.3 Å². The fourth-order valence-corrected chi connectivity index (χ4v) is 1.59. The Labute approximate surface area is 144 Å². The van der Waals surface area contributed by atoms with Crippen molar-refractivity contribution in [3.05, 3.63) is 29.8 Å². The number of hydrogen-bond acceptors (Lipinski definition) is 3. The molecule has 0 aromatic heterocycles. The fourth-order valence-electron chi connectivity index (χ4n) is 1.59. The van der Waals surface area contributed by atoms with Gasteiger partial charge in [0.05, 0.1) is 13.7 Å². The number of rotatable bonds is 9. The van der Waals surface area contributed by atoms with Crippen molar-refractivity contribution < 1.29 is 9.47 Å². The predicted molar refractivity (Wildman–Crippen MR) is 97.5 cm³/mol. The van der Waals surface area contributed by atoms with Crippen LogP contribution in [0.3, 0.4) is 0 Å². The minimum absolute atomic E-state index is 0. The highest BCUT2D eigenvalue weighted by Crippen LogP contribution is 2.11. The van der Waals surface area contributed by atoms with E-state index in [1.807, 2.05) is 24.3 Å². The summed E-state index contributed by atoms with van der Waals surface area (Å²) in [5, 5.41) is 3.06. The van der Waals surface area contributed by atoms with E-state index in [0.29, 0.717) is 19.2 Å². The van der Waals surface area contributed by atoms with Crippen LogP contribution in [0.4, 0.5) is 0 Å². The first kappa shape index (κ1) is 20.0. The van der Waals surface area contributed by atoms with Gasteiger partial charge in [-0.15, -0.1) is 24.0 Å². The lowest BCUT2D eigenvalue weighted by Crippen LogP contribution is -2.33. The molecule has 3 N–H and O–H groups in total. The van der Waals surface area contributed by atoms with E-state index in [4.69, 9.17) is 15.2 Å². The summed E-state index contributed by atoms with van der Waals surface area (Å²) >= 11 is 0. The summed E-state index contributed by atoms with van der Waals surface area (Å²) in [6.07, 6.45) is 1.91. The molecule has 1 aromatic rings. The molecule has 0 aliphatic carbocycles. The van der Waals surface area contributed by atoms with Crippen molar-refractivity contribution in [1.29, 1.82) is 0 Å². The molecule has 21 heavy (non-hydrogen) atoms. The van der Waals surface area contributed by atoms with Gasteiger partial charge in [0, 0.05) is 19.7 Å². The van der Waals surface area contributed by atoms with Crippen LogP contribution in [-0.4, -0.2) is 32.8 Å². The third-order valence-electron chi connectivity index (χ3n) is 2.71. The number of nitrogens with one attached hydrogen (secondary N) is 1. The van der Waals surface area contributed by atoms with Gasteiger partial charge in [-0.1, -0.05) is 19.1 Å². The SMILES string of the molecule is CCCN=C(N)NCCCOCc1ccc(OC)cc1.I. The average Bonchev–Trinajstić information content (AvgIpc) is 2.49. The van der Waals surface area contributed by atoms with Crippen LogP contribution in [0.25, 0.3) is 0 Å². The molecule has 0 amide bonds. The summed E-state index contributed by atoms with van der Waals surface area (Å²) in [7, 11) is 1.66. The van der Waals surface area contributed by atoms with E-state index >= 15 is 0 Å². The molecule has 0 spiro atoms. The molecule has 0 unspecified atom stereocenters. The van der Waals surface area contributed by atoms with Gasteiger partial charge < -0.3 is 20.5 Å². The first-order valence-electron chi connectivity index (χ1n) is 7.00.